The predicted octanol–water partition coefficient (Wildman–Crippen LogP) is 1.75. The highest BCUT2D eigenvalue weighted by Gasteiger charge is 2.21. The first-order valence-corrected chi connectivity index (χ1v) is 5.83. The molecule has 16 heavy (non-hydrogen) atoms. The second-order valence-corrected chi connectivity index (χ2v) is 5.06. The second-order valence-electron chi connectivity index (χ2n) is 3.74. The van der Waals surface area contributed by atoms with Crippen LogP contribution in [-0.2, 0) is 9.59 Å². The molecular formula is C11H15NO3S. The number of amides is 1. The van der Waals surface area contributed by atoms with Crippen LogP contribution in [-0.4, -0.2) is 23.0 Å². The fourth-order valence-electron chi connectivity index (χ4n) is 1.22. The van der Waals surface area contributed by atoms with Gasteiger partial charge in [0.1, 0.15) is 6.04 Å². The number of hydrogen-bond acceptors (Lipinski definition) is 3. The Morgan fingerprint density at radius 3 is 2.44 bits per heavy atom. The van der Waals surface area contributed by atoms with Gasteiger partial charge in [0.2, 0.25) is 5.91 Å². The summed E-state index contributed by atoms with van der Waals surface area (Å²) >= 11 is 1.55. The molecule has 2 atom stereocenters. The van der Waals surface area contributed by atoms with Crippen LogP contribution in [0.3, 0.4) is 0 Å². The number of rotatable bonds is 4. The van der Waals surface area contributed by atoms with Gasteiger partial charge in [0.25, 0.3) is 0 Å². The Labute approximate surface area is 98.3 Å². The molecule has 0 spiro atoms. The molecule has 1 unspecified atom stereocenters. The minimum Gasteiger partial charge on any atom is -0.480 e. The maximum absolute atomic E-state index is 11.7. The van der Waals surface area contributed by atoms with E-state index < -0.39 is 12.0 Å². The van der Waals surface area contributed by atoms with E-state index in [9.17, 15) is 9.59 Å². The third-order valence-electron chi connectivity index (χ3n) is 2.31. The first-order chi connectivity index (χ1) is 7.41. The van der Waals surface area contributed by atoms with E-state index in [4.69, 9.17) is 5.11 Å². The van der Waals surface area contributed by atoms with Crippen molar-refractivity contribution in [1.29, 1.82) is 0 Å². The Hall–Kier alpha value is -1.36. The number of nitrogens with one attached hydrogen (secondary N) is 1. The zero-order valence-electron chi connectivity index (χ0n) is 9.48. The van der Waals surface area contributed by atoms with Crippen LogP contribution in [0.25, 0.3) is 0 Å². The van der Waals surface area contributed by atoms with Crippen LogP contribution < -0.4 is 5.32 Å². The van der Waals surface area contributed by atoms with E-state index >= 15 is 0 Å². The van der Waals surface area contributed by atoms with Crippen molar-refractivity contribution in [3.8, 4) is 0 Å². The van der Waals surface area contributed by atoms with Crippen LogP contribution in [0.2, 0.25) is 0 Å². The number of aryl methyl sites for hydroxylation is 1. The second kappa shape index (κ2) is 5.12. The van der Waals surface area contributed by atoms with Crippen molar-refractivity contribution >= 4 is 23.2 Å². The maximum Gasteiger partial charge on any atom is 0.325 e. The number of carbonyl (C=O) groups excluding carboxylic acids is 1. The van der Waals surface area contributed by atoms with Gasteiger partial charge in [-0.1, -0.05) is 0 Å². The highest BCUT2D eigenvalue weighted by atomic mass is 32.1. The van der Waals surface area contributed by atoms with Crippen LogP contribution >= 0.6 is 11.3 Å². The summed E-state index contributed by atoms with van der Waals surface area (Å²) in [5.74, 6) is -1.58. The molecule has 88 valence electrons. The van der Waals surface area contributed by atoms with Gasteiger partial charge in [-0.2, -0.15) is 0 Å². The van der Waals surface area contributed by atoms with Gasteiger partial charge >= 0.3 is 5.97 Å². The molecule has 4 nitrogen and oxygen atoms in total. The predicted molar refractivity (Wildman–Crippen MR) is 62.7 cm³/mol. The summed E-state index contributed by atoms with van der Waals surface area (Å²) in [5, 5.41) is 11.1. The zero-order valence-corrected chi connectivity index (χ0v) is 10.3. The monoisotopic (exact) mass is 241 g/mol. The van der Waals surface area contributed by atoms with Crippen LogP contribution in [0, 0.1) is 6.92 Å². The van der Waals surface area contributed by atoms with Crippen molar-refractivity contribution in [1.82, 2.24) is 5.32 Å². The normalized spacial score (nSPS) is 14.2. The molecule has 2 N–H and O–H groups in total. The van der Waals surface area contributed by atoms with E-state index in [1.54, 1.807) is 18.3 Å². The molecule has 0 radical (unpaired) electrons. The summed E-state index contributed by atoms with van der Waals surface area (Å²) in [6.07, 6.45) is 0. The molecule has 1 amide bonds. The van der Waals surface area contributed by atoms with Crippen molar-refractivity contribution < 1.29 is 14.7 Å². The first-order valence-electron chi connectivity index (χ1n) is 5.01. The van der Waals surface area contributed by atoms with E-state index in [1.165, 1.54) is 6.92 Å². The third kappa shape index (κ3) is 3.06. The maximum atomic E-state index is 11.7. The van der Waals surface area contributed by atoms with Gasteiger partial charge in [-0.05, 0) is 32.9 Å². The van der Waals surface area contributed by atoms with Gasteiger partial charge in [-0.3, -0.25) is 9.59 Å². The number of carboxylic acid groups (broad SMARTS) is 1. The van der Waals surface area contributed by atoms with Crippen molar-refractivity contribution in [2.24, 2.45) is 0 Å². The molecule has 0 aromatic carbocycles. The molecule has 0 bridgehead atoms. The summed E-state index contributed by atoms with van der Waals surface area (Å²) < 4.78 is 0. The van der Waals surface area contributed by atoms with Crippen molar-refractivity contribution in [3.05, 3.63) is 21.9 Å². The summed E-state index contributed by atoms with van der Waals surface area (Å²) in [7, 11) is 0. The Morgan fingerprint density at radius 2 is 2.00 bits per heavy atom. The standard InChI is InChI=1S/C11H15NO3S/c1-6-4-5-9(16-6)7(2)10(13)12-8(3)11(14)15/h4-5,7-8H,1-3H3,(H,12,13)(H,14,15)/t7?,8-/m1/s1. The number of carboxylic acids is 1. The Balaban J connectivity index is 2.64. The number of hydrogen-bond donors (Lipinski definition) is 2. The molecular weight excluding hydrogens is 226 g/mol. The lowest BCUT2D eigenvalue weighted by atomic mass is 10.1. The summed E-state index contributed by atoms with van der Waals surface area (Å²) in [5.41, 5.74) is 0. The van der Waals surface area contributed by atoms with E-state index in [-0.39, 0.29) is 11.8 Å². The molecule has 0 saturated heterocycles. The van der Waals surface area contributed by atoms with Gasteiger partial charge in [-0.15, -0.1) is 11.3 Å². The molecule has 0 aliphatic carbocycles. The van der Waals surface area contributed by atoms with Gasteiger partial charge in [0.05, 0.1) is 5.92 Å². The number of thiophene rings is 1. The molecule has 0 aliphatic rings. The highest BCUT2D eigenvalue weighted by Crippen LogP contribution is 2.24. The van der Waals surface area contributed by atoms with Crippen molar-refractivity contribution in [2.75, 3.05) is 0 Å². The fourth-order valence-corrected chi connectivity index (χ4v) is 2.14. The molecule has 0 fully saturated rings. The van der Waals surface area contributed by atoms with E-state index in [0.29, 0.717) is 0 Å². The minimum absolute atomic E-state index is 0.253. The molecule has 1 aromatic heterocycles. The Bertz CT molecular complexity index is 400. The quantitative estimate of drug-likeness (QED) is 0.844. The Morgan fingerprint density at radius 1 is 1.38 bits per heavy atom. The third-order valence-corrected chi connectivity index (χ3v) is 3.49. The van der Waals surface area contributed by atoms with Gasteiger partial charge in [0, 0.05) is 9.75 Å². The van der Waals surface area contributed by atoms with E-state index in [2.05, 4.69) is 5.32 Å². The van der Waals surface area contributed by atoms with Crippen LogP contribution in [0.1, 0.15) is 29.5 Å². The molecule has 1 heterocycles. The van der Waals surface area contributed by atoms with E-state index in [1.807, 2.05) is 19.1 Å². The largest absolute Gasteiger partial charge is 0.480 e. The van der Waals surface area contributed by atoms with Crippen molar-refractivity contribution in [3.63, 3.8) is 0 Å². The number of carbonyl (C=O) groups is 2. The lowest BCUT2D eigenvalue weighted by molar-refractivity contribution is -0.141. The van der Waals surface area contributed by atoms with Crippen LogP contribution in [0.4, 0.5) is 0 Å². The summed E-state index contributed by atoms with van der Waals surface area (Å²) in [6, 6.07) is 3.00. The fraction of sp³-hybridized carbons (Fsp3) is 0.455. The zero-order chi connectivity index (χ0) is 12.3. The first kappa shape index (κ1) is 12.7. The Kier molecular flexibility index (Phi) is 4.06. The van der Waals surface area contributed by atoms with Gasteiger partial charge in [-0.25, -0.2) is 0 Å². The van der Waals surface area contributed by atoms with Crippen LogP contribution in [0.5, 0.6) is 0 Å². The summed E-state index contributed by atoms with van der Waals surface area (Å²) in [6.45, 7) is 5.19. The van der Waals surface area contributed by atoms with E-state index in [0.717, 1.165) is 9.75 Å². The lowest BCUT2D eigenvalue weighted by Gasteiger charge is -2.13. The molecule has 0 aliphatic heterocycles. The van der Waals surface area contributed by atoms with Gasteiger partial charge < -0.3 is 10.4 Å². The lowest BCUT2D eigenvalue weighted by Crippen LogP contribution is -2.40. The minimum atomic E-state index is -1.03. The van der Waals surface area contributed by atoms with Crippen molar-refractivity contribution in [2.45, 2.75) is 32.7 Å². The van der Waals surface area contributed by atoms with Gasteiger partial charge in [0.15, 0.2) is 0 Å². The number of aliphatic carboxylic acids is 1. The summed E-state index contributed by atoms with van der Waals surface area (Å²) in [4.78, 5) is 24.4. The molecule has 1 aromatic rings. The molecule has 0 saturated carbocycles. The SMILES string of the molecule is Cc1ccc(C(C)C(=O)N[C@H](C)C(=O)O)s1. The average molecular weight is 241 g/mol. The van der Waals surface area contributed by atoms with Crippen LogP contribution in [0.15, 0.2) is 12.1 Å². The molecule has 5 heteroatoms. The smallest absolute Gasteiger partial charge is 0.325 e. The highest BCUT2D eigenvalue weighted by molar-refractivity contribution is 7.12. The average Bonchev–Trinajstić information content (AvgIpc) is 2.63. The topological polar surface area (TPSA) is 66.4 Å². The molecule has 1 rings (SSSR count).